The van der Waals surface area contributed by atoms with E-state index in [1.165, 1.54) is 12.3 Å². The van der Waals surface area contributed by atoms with Gasteiger partial charge in [0.05, 0.1) is 17.6 Å². The molecule has 25 heavy (non-hydrogen) atoms. The lowest BCUT2D eigenvalue weighted by atomic mass is 9.93. The number of aromatic nitrogens is 3. The smallest absolute Gasteiger partial charge is 0.284 e. The summed E-state index contributed by atoms with van der Waals surface area (Å²) in [6.45, 7) is 7.87. The van der Waals surface area contributed by atoms with Crippen LogP contribution < -0.4 is 10.5 Å². The van der Waals surface area contributed by atoms with Crippen molar-refractivity contribution >= 4 is 0 Å². The molecule has 0 bridgehead atoms. The zero-order valence-corrected chi connectivity index (χ0v) is 15.0. The molecule has 0 amide bonds. The molecule has 2 heterocycles. The molecule has 1 unspecified atom stereocenters. The molecule has 0 saturated heterocycles. The number of aryl methyl sites for hydroxylation is 1. The summed E-state index contributed by atoms with van der Waals surface area (Å²) in [5.74, 6) is 0.439. The van der Waals surface area contributed by atoms with Crippen LogP contribution in [0.2, 0.25) is 0 Å². The Hall–Kier alpha value is -2.15. The van der Waals surface area contributed by atoms with Gasteiger partial charge in [0.1, 0.15) is 18.1 Å². The molecule has 0 fully saturated rings. The van der Waals surface area contributed by atoms with Gasteiger partial charge in [0.25, 0.3) is 6.43 Å². The first-order chi connectivity index (χ1) is 11.7. The molecule has 0 aliphatic heterocycles. The van der Waals surface area contributed by atoms with E-state index in [4.69, 9.17) is 10.5 Å². The van der Waals surface area contributed by atoms with Gasteiger partial charge in [0, 0.05) is 11.1 Å². The largest absolute Gasteiger partial charge is 0.490 e. The molecule has 0 spiro atoms. The molecule has 0 saturated carbocycles. The monoisotopic (exact) mass is 350 g/mol. The Morgan fingerprint density at radius 2 is 2.00 bits per heavy atom. The average Bonchev–Trinajstić information content (AvgIpc) is 2.51. The Morgan fingerprint density at radius 1 is 1.28 bits per heavy atom. The highest BCUT2D eigenvalue weighted by Crippen LogP contribution is 2.31. The highest BCUT2D eigenvalue weighted by molar-refractivity contribution is 5.59. The zero-order valence-electron chi connectivity index (χ0n) is 15.0. The zero-order chi connectivity index (χ0) is 18.6. The highest BCUT2D eigenvalue weighted by atomic mass is 19.3. The molecule has 1 atom stereocenters. The SMILES string of the molecule is Cc1cc(-c2ccc(OCC(C)(N)CC(C)C)c(C(F)F)n2)cnn1. The van der Waals surface area contributed by atoms with Crippen molar-refractivity contribution < 1.29 is 13.5 Å². The first kappa shape index (κ1) is 19.2. The minimum absolute atomic E-state index is 0.0536. The Kier molecular flexibility index (Phi) is 6.00. The summed E-state index contributed by atoms with van der Waals surface area (Å²) in [6.07, 6.45) is -0.533. The van der Waals surface area contributed by atoms with E-state index in [2.05, 4.69) is 29.0 Å². The van der Waals surface area contributed by atoms with Gasteiger partial charge in [-0.2, -0.15) is 10.2 Å². The predicted molar refractivity (Wildman–Crippen MR) is 92.5 cm³/mol. The molecular weight excluding hydrogens is 326 g/mol. The number of alkyl halides is 2. The number of nitrogens with two attached hydrogens (primary N) is 1. The van der Waals surface area contributed by atoms with Crippen molar-refractivity contribution in [2.24, 2.45) is 11.7 Å². The fourth-order valence-corrected chi connectivity index (χ4v) is 2.75. The maximum atomic E-state index is 13.4. The molecule has 0 radical (unpaired) electrons. The molecule has 2 aromatic heterocycles. The third-order valence-corrected chi connectivity index (χ3v) is 3.60. The van der Waals surface area contributed by atoms with Crippen LogP contribution in [-0.4, -0.2) is 27.3 Å². The second-order valence-electron chi connectivity index (χ2n) is 7.01. The maximum Gasteiger partial charge on any atom is 0.284 e. The lowest BCUT2D eigenvalue weighted by Crippen LogP contribution is -2.43. The number of nitrogens with zero attached hydrogens (tertiary/aromatic N) is 3. The lowest BCUT2D eigenvalue weighted by Gasteiger charge is -2.27. The van der Waals surface area contributed by atoms with Crippen LogP contribution in [0.25, 0.3) is 11.3 Å². The second-order valence-corrected chi connectivity index (χ2v) is 7.01. The quantitative estimate of drug-likeness (QED) is 0.819. The summed E-state index contributed by atoms with van der Waals surface area (Å²) < 4.78 is 32.4. The van der Waals surface area contributed by atoms with Gasteiger partial charge in [-0.25, -0.2) is 13.8 Å². The number of pyridine rings is 1. The van der Waals surface area contributed by atoms with Crippen LogP contribution in [0.4, 0.5) is 8.78 Å². The first-order valence-corrected chi connectivity index (χ1v) is 8.18. The summed E-state index contributed by atoms with van der Waals surface area (Å²) in [6, 6.07) is 4.88. The maximum absolute atomic E-state index is 13.4. The summed E-state index contributed by atoms with van der Waals surface area (Å²) >= 11 is 0. The van der Waals surface area contributed by atoms with Gasteiger partial charge in [-0.15, -0.1) is 0 Å². The topological polar surface area (TPSA) is 73.9 Å². The van der Waals surface area contributed by atoms with Gasteiger partial charge in [-0.3, -0.25) is 0 Å². The predicted octanol–water partition coefficient (Wildman–Crippen LogP) is 3.93. The van der Waals surface area contributed by atoms with Crippen molar-refractivity contribution in [2.75, 3.05) is 6.61 Å². The van der Waals surface area contributed by atoms with Crippen LogP contribution in [0.1, 0.15) is 45.0 Å². The average molecular weight is 350 g/mol. The standard InChI is InChI=1S/C18H24F2N4O/c1-11(2)8-18(4,21)10-25-15-6-5-14(23-16(15)17(19)20)13-7-12(3)24-22-9-13/h5-7,9,11,17H,8,10,21H2,1-4H3. The molecule has 2 N–H and O–H groups in total. The van der Waals surface area contributed by atoms with Gasteiger partial charge in [0.15, 0.2) is 0 Å². The number of hydrogen-bond acceptors (Lipinski definition) is 5. The van der Waals surface area contributed by atoms with E-state index in [0.717, 1.165) is 6.42 Å². The van der Waals surface area contributed by atoms with E-state index in [0.29, 0.717) is 22.9 Å². The summed E-state index contributed by atoms with van der Waals surface area (Å²) in [7, 11) is 0. The molecular formula is C18H24F2N4O. The number of hydrogen-bond donors (Lipinski definition) is 1. The van der Waals surface area contributed by atoms with Crippen molar-refractivity contribution in [1.29, 1.82) is 0 Å². The van der Waals surface area contributed by atoms with Gasteiger partial charge < -0.3 is 10.5 Å². The third kappa shape index (κ3) is 5.42. The van der Waals surface area contributed by atoms with Crippen LogP contribution in [0.15, 0.2) is 24.4 Å². The minimum Gasteiger partial charge on any atom is -0.490 e. The van der Waals surface area contributed by atoms with Gasteiger partial charge in [0.2, 0.25) is 0 Å². The highest BCUT2D eigenvalue weighted by Gasteiger charge is 2.24. The second kappa shape index (κ2) is 7.82. The fourth-order valence-electron chi connectivity index (χ4n) is 2.75. The van der Waals surface area contributed by atoms with Crippen LogP contribution in [-0.2, 0) is 0 Å². The van der Waals surface area contributed by atoms with E-state index >= 15 is 0 Å². The van der Waals surface area contributed by atoms with Gasteiger partial charge >= 0.3 is 0 Å². The van der Waals surface area contributed by atoms with Crippen LogP contribution in [0.3, 0.4) is 0 Å². The molecule has 0 aliphatic rings. The minimum atomic E-state index is -2.75. The number of rotatable bonds is 7. The Balaban J connectivity index is 2.25. The van der Waals surface area contributed by atoms with Crippen molar-refractivity contribution in [1.82, 2.24) is 15.2 Å². The molecule has 0 aromatic carbocycles. The van der Waals surface area contributed by atoms with E-state index in [9.17, 15) is 8.78 Å². The van der Waals surface area contributed by atoms with Crippen molar-refractivity contribution in [3.05, 3.63) is 35.8 Å². The van der Waals surface area contributed by atoms with Crippen molar-refractivity contribution in [2.45, 2.75) is 46.1 Å². The normalized spacial score (nSPS) is 14.0. The molecule has 7 heteroatoms. The van der Waals surface area contributed by atoms with Crippen LogP contribution >= 0.6 is 0 Å². The molecule has 0 aliphatic carbocycles. The summed E-state index contributed by atoms with van der Waals surface area (Å²) in [5, 5.41) is 7.68. The molecule has 136 valence electrons. The molecule has 2 rings (SSSR count). The lowest BCUT2D eigenvalue weighted by molar-refractivity contribution is 0.134. The number of halogens is 2. The third-order valence-electron chi connectivity index (χ3n) is 3.60. The summed E-state index contributed by atoms with van der Waals surface area (Å²) in [5.41, 5.74) is 6.90. The van der Waals surface area contributed by atoms with Crippen LogP contribution in [0, 0.1) is 12.8 Å². The Labute approximate surface area is 146 Å². The van der Waals surface area contributed by atoms with E-state index < -0.39 is 17.7 Å². The van der Waals surface area contributed by atoms with E-state index in [-0.39, 0.29) is 12.4 Å². The van der Waals surface area contributed by atoms with E-state index in [1.807, 2.05) is 6.92 Å². The van der Waals surface area contributed by atoms with Crippen molar-refractivity contribution in [3.8, 4) is 17.0 Å². The van der Waals surface area contributed by atoms with Gasteiger partial charge in [-0.05, 0) is 44.4 Å². The Morgan fingerprint density at radius 3 is 2.60 bits per heavy atom. The summed E-state index contributed by atoms with van der Waals surface area (Å²) in [4.78, 5) is 4.06. The number of ether oxygens (including phenoxy) is 1. The molecule has 2 aromatic rings. The van der Waals surface area contributed by atoms with E-state index in [1.54, 1.807) is 19.1 Å². The molecule has 5 nitrogen and oxygen atoms in total. The first-order valence-electron chi connectivity index (χ1n) is 8.18. The van der Waals surface area contributed by atoms with Gasteiger partial charge in [-0.1, -0.05) is 13.8 Å². The van der Waals surface area contributed by atoms with Crippen molar-refractivity contribution in [3.63, 3.8) is 0 Å². The van der Waals surface area contributed by atoms with Crippen LogP contribution in [0.5, 0.6) is 5.75 Å². The fraction of sp³-hybridized carbons (Fsp3) is 0.500. The Bertz CT molecular complexity index is 720.